The van der Waals surface area contributed by atoms with Crippen molar-refractivity contribution in [3.05, 3.63) is 68.5 Å². The second-order valence-corrected chi connectivity index (χ2v) is 10.9. The summed E-state index contributed by atoms with van der Waals surface area (Å²) in [6.45, 7) is 5.19. The second-order valence-electron chi connectivity index (χ2n) is 8.21. The van der Waals surface area contributed by atoms with E-state index in [1.54, 1.807) is 17.4 Å². The van der Waals surface area contributed by atoms with Crippen LogP contribution in [0.4, 0.5) is 5.13 Å². The zero-order valence-electron chi connectivity index (χ0n) is 18.4. The highest BCUT2D eigenvalue weighted by molar-refractivity contribution is 7.74. The monoisotopic (exact) mass is 523 g/mol. The van der Waals surface area contributed by atoms with E-state index >= 15 is 0 Å². The lowest BCUT2D eigenvalue weighted by Crippen LogP contribution is -2.31. The third-order valence-corrected chi connectivity index (χ3v) is 7.60. The third-order valence-electron chi connectivity index (χ3n) is 5.73. The number of aromatic nitrogens is 1. The molecule has 176 valence electrons. The average Bonchev–Trinajstić information content (AvgIpc) is 3.54. The Bertz CT molecular complexity index is 1130. The van der Waals surface area contributed by atoms with Crippen molar-refractivity contribution < 1.29 is 12.9 Å². The smallest absolute Gasteiger partial charge is 0.186 e. The van der Waals surface area contributed by atoms with Crippen LogP contribution in [0.5, 0.6) is 0 Å². The molecule has 1 aliphatic carbocycles. The van der Waals surface area contributed by atoms with Crippen molar-refractivity contribution in [2.75, 3.05) is 11.4 Å². The lowest BCUT2D eigenvalue weighted by Gasteiger charge is -2.32. The van der Waals surface area contributed by atoms with Gasteiger partial charge in [-0.25, -0.2) is 9.19 Å². The number of aryl methyl sites for hydroxylation is 1. The Labute approximate surface area is 211 Å². The standard InChI is InChI=1S/C24H26Cl2N2O3S2/c1-3-12-28(24-27-22(15(2)32-24)20-11-10-19(25)13-21(20)26)23(18-8-9-18)17-6-4-16(5-7-17)14-31-33(29)30/h4-7,10-11,13,18,23H,3,8-9,12,14H2,1-2H3,(H,29,30)/p-1. The van der Waals surface area contributed by atoms with E-state index in [4.69, 9.17) is 32.4 Å². The highest BCUT2D eigenvalue weighted by Gasteiger charge is 2.37. The van der Waals surface area contributed by atoms with E-state index in [0.717, 1.165) is 39.8 Å². The average molecular weight is 525 g/mol. The van der Waals surface area contributed by atoms with Crippen LogP contribution in [-0.2, 0) is 22.2 Å². The highest BCUT2D eigenvalue weighted by Crippen LogP contribution is 2.48. The topological polar surface area (TPSA) is 65.5 Å². The molecular formula is C24H25Cl2N2O3S2-. The first-order chi connectivity index (χ1) is 15.9. The van der Waals surface area contributed by atoms with E-state index in [1.165, 1.54) is 18.4 Å². The molecule has 0 aliphatic heterocycles. The zero-order chi connectivity index (χ0) is 23.5. The van der Waals surface area contributed by atoms with Crippen LogP contribution in [0.25, 0.3) is 11.3 Å². The van der Waals surface area contributed by atoms with Gasteiger partial charge in [0.1, 0.15) is 0 Å². The van der Waals surface area contributed by atoms with Crippen LogP contribution in [0.15, 0.2) is 42.5 Å². The van der Waals surface area contributed by atoms with Gasteiger partial charge in [0.15, 0.2) is 5.13 Å². The van der Waals surface area contributed by atoms with Gasteiger partial charge in [-0.15, -0.1) is 11.3 Å². The Hall–Kier alpha value is -1.48. The largest absolute Gasteiger partial charge is 0.750 e. The molecule has 33 heavy (non-hydrogen) atoms. The molecule has 1 aliphatic rings. The van der Waals surface area contributed by atoms with Crippen molar-refractivity contribution in [1.82, 2.24) is 4.98 Å². The molecule has 4 rings (SSSR count). The van der Waals surface area contributed by atoms with Crippen LogP contribution in [0.1, 0.15) is 48.2 Å². The van der Waals surface area contributed by atoms with Gasteiger partial charge < -0.3 is 9.45 Å². The van der Waals surface area contributed by atoms with Crippen LogP contribution in [0.3, 0.4) is 0 Å². The van der Waals surface area contributed by atoms with E-state index in [0.29, 0.717) is 16.0 Å². The first-order valence-electron chi connectivity index (χ1n) is 10.9. The van der Waals surface area contributed by atoms with Gasteiger partial charge in [0.05, 0.1) is 34.7 Å². The predicted octanol–water partition coefficient (Wildman–Crippen LogP) is 7.10. The van der Waals surface area contributed by atoms with E-state index in [1.807, 2.05) is 24.3 Å². The van der Waals surface area contributed by atoms with Gasteiger partial charge in [-0.05, 0) is 61.4 Å². The first-order valence-corrected chi connectivity index (χ1v) is 13.5. The number of hydrogen-bond donors (Lipinski definition) is 0. The maximum absolute atomic E-state index is 10.7. The summed E-state index contributed by atoms with van der Waals surface area (Å²) in [6.07, 6.45) is 3.37. The van der Waals surface area contributed by atoms with Gasteiger partial charge in [-0.2, -0.15) is 0 Å². The number of thiazole rings is 1. The minimum atomic E-state index is -2.51. The zero-order valence-corrected chi connectivity index (χ0v) is 21.6. The van der Waals surface area contributed by atoms with Crippen molar-refractivity contribution in [1.29, 1.82) is 0 Å². The van der Waals surface area contributed by atoms with Crippen molar-refractivity contribution in [2.45, 2.75) is 45.8 Å². The minimum Gasteiger partial charge on any atom is -0.750 e. The van der Waals surface area contributed by atoms with Crippen molar-refractivity contribution in [2.24, 2.45) is 5.92 Å². The molecule has 2 aromatic carbocycles. The molecule has 3 aromatic rings. The molecule has 1 aromatic heterocycles. The molecule has 2 unspecified atom stereocenters. The lowest BCUT2D eigenvalue weighted by atomic mass is 9.99. The van der Waals surface area contributed by atoms with Crippen molar-refractivity contribution >= 4 is 51.0 Å². The third kappa shape index (κ3) is 5.96. The molecule has 0 saturated heterocycles. The fourth-order valence-corrected chi connectivity index (χ4v) is 5.79. The lowest BCUT2D eigenvalue weighted by molar-refractivity contribution is 0.291. The summed E-state index contributed by atoms with van der Waals surface area (Å²) in [6, 6.07) is 13.8. The van der Waals surface area contributed by atoms with Crippen molar-refractivity contribution in [3.63, 3.8) is 0 Å². The number of anilines is 1. The molecule has 9 heteroatoms. The summed E-state index contributed by atoms with van der Waals surface area (Å²) < 4.78 is 26.1. The van der Waals surface area contributed by atoms with Gasteiger partial charge in [0, 0.05) is 22.0 Å². The Balaban J connectivity index is 1.66. The van der Waals surface area contributed by atoms with Crippen LogP contribution in [0.2, 0.25) is 10.0 Å². The molecule has 0 spiro atoms. The fraction of sp³-hybridized carbons (Fsp3) is 0.375. The summed E-state index contributed by atoms with van der Waals surface area (Å²) in [5, 5.41) is 2.19. The number of benzene rings is 2. The summed E-state index contributed by atoms with van der Waals surface area (Å²) in [7, 11) is 0. The summed E-state index contributed by atoms with van der Waals surface area (Å²) in [5.74, 6) is 0.569. The maximum Gasteiger partial charge on any atom is 0.186 e. The van der Waals surface area contributed by atoms with E-state index < -0.39 is 11.4 Å². The quantitative estimate of drug-likeness (QED) is 0.265. The number of rotatable bonds is 10. The van der Waals surface area contributed by atoms with Crippen LogP contribution < -0.4 is 4.90 Å². The molecule has 1 saturated carbocycles. The summed E-state index contributed by atoms with van der Waals surface area (Å²) in [5.41, 5.74) is 3.81. The molecule has 2 atom stereocenters. The number of nitrogens with zero attached hydrogens (tertiary/aromatic N) is 2. The molecule has 5 nitrogen and oxygen atoms in total. The van der Waals surface area contributed by atoms with Crippen LogP contribution >= 0.6 is 34.5 Å². The van der Waals surface area contributed by atoms with Gasteiger partial charge in [-0.3, -0.25) is 4.18 Å². The molecule has 0 bridgehead atoms. The molecule has 0 N–H and O–H groups in total. The Kier molecular flexibility index (Phi) is 8.10. The maximum atomic E-state index is 10.7. The number of hydrogen-bond acceptors (Lipinski definition) is 6. The van der Waals surface area contributed by atoms with E-state index in [9.17, 15) is 8.76 Å². The normalized spacial score (nSPS) is 15.4. The van der Waals surface area contributed by atoms with Gasteiger partial charge in [0.25, 0.3) is 0 Å². The van der Waals surface area contributed by atoms with Gasteiger partial charge in [-0.1, -0.05) is 54.4 Å². The van der Waals surface area contributed by atoms with Crippen LogP contribution in [0, 0.1) is 12.8 Å². The molecule has 1 fully saturated rings. The van der Waals surface area contributed by atoms with Gasteiger partial charge in [0.2, 0.25) is 0 Å². The predicted molar refractivity (Wildman–Crippen MR) is 136 cm³/mol. The molecule has 1 heterocycles. The molecule has 0 amide bonds. The van der Waals surface area contributed by atoms with E-state index in [2.05, 4.69) is 30.9 Å². The minimum absolute atomic E-state index is 0.0417. The number of halogens is 2. The highest BCUT2D eigenvalue weighted by atomic mass is 35.5. The Morgan fingerprint density at radius 1 is 1.24 bits per heavy atom. The first kappa shape index (κ1) is 24.6. The van der Waals surface area contributed by atoms with Gasteiger partial charge >= 0.3 is 0 Å². The summed E-state index contributed by atoms with van der Waals surface area (Å²) in [4.78, 5) is 8.57. The Morgan fingerprint density at radius 3 is 2.58 bits per heavy atom. The SMILES string of the molecule is CCCN(c1nc(-c2ccc(Cl)cc2Cl)c(C)s1)C(c1ccc(COS(=O)[O-])cc1)C1CC1. The fourth-order valence-electron chi connectivity index (χ4n) is 4.08. The second kappa shape index (κ2) is 10.8. The Morgan fingerprint density at radius 2 is 1.97 bits per heavy atom. The summed E-state index contributed by atoms with van der Waals surface area (Å²) >= 11 is 11.7. The van der Waals surface area contributed by atoms with E-state index in [-0.39, 0.29) is 12.6 Å². The molecule has 0 radical (unpaired) electrons. The van der Waals surface area contributed by atoms with Crippen molar-refractivity contribution in [3.8, 4) is 11.3 Å². The van der Waals surface area contributed by atoms with Crippen LogP contribution in [-0.4, -0.2) is 20.3 Å². The molecular weight excluding hydrogens is 499 g/mol.